The number of hydrogen-bond acceptors (Lipinski definition) is 3. The minimum absolute atomic E-state index is 0.0407. The molecule has 24 heavy (non-hydrogen) atoms. The molecule has 0 radical (unpaired) electrons. The summed E-state index contributed by atoms with van der Waals surface area (Å²) in [4.78, 5) is 24.4. The first kappa shape index (κ1) is 14.9. The first-order valence-corrected chi connectivity index (χ1v) is 8.51. The maximum Gasteiger partial charge on any atom is 0.232 e. The van der Waals surface area contributed by atoms with Gasteiger partial charge >= 0.3 is 0 Å². The van der Waals surface area contributed by atoms with Gasteiger partial charge in [0.1, 0.15) is 5.82 Å². The molecule has 3 aromatic rings. The van der Waals surface area contributed by atoms with Gasteiger partial charge in [-0.2, -0.15) is 0 Å². The molecule has 4 rings (SSSR count). The van der Waals surface area contributed by atoms with Gasteiger partial charge < -0.3 is 10.3 Å². The predicted molar refractivity (Wildman–Crippen MR) is 94.8 cm³/mol. The Morgan fingerprint density at radius 2 is 2.17 bits per heavy atom. The van der Waals surface area contributed by atoms with E-state index in [4.69, 9.17) is 0 Å². The topological polar surface area (TPSA) is 70.7 Å². The van der Waals surface area contributed by atoms with E-state index in [9.17, 15) is 4.79 Å². The molecule has 2 N–H and O–H groups in total. The second-order valence-corrected chi connectivity index (χ2v) is 6.32. The van der Waals surface area contributed by atoms with Crippen LogP contribution >= 0.6 is 0 Å². The second kappa shape index (κ2) is 6.07. The van der Waals surface area contributed by atoms with Gasteiger partial charge in [0.15, 0.2) is 0 Å². The molecule has 1 aliphatic heterocycles. The molecular formula is C19H20N4O. The van der Waals surface area contributed by atoms with E-state index in [1.807, 2.05) is 18.2 Å². The average molecular weight is 320 g/mol. The summed E-state index contributed by atoms with van der Waals surface area (Å²) in [6.07, 6.45) is 7.85. The van der Waals surface area contributed by atoms with Gasteiger partial charge in [0, 0.05) is 23.6 Å². The quantitative estimate of drug-likeness (QED) is 0.691. The van der Waals surface area contributed by atoms with E-state index in [1.54, 1.807) is 12.4 Å². The molecular weight excluding hydrogens is 300 g/mol. The Bertz CT molecular complexity index is 885. The smallest absolute Gasteiger partial charge is 0.232 e. The Balaban J connectivity index is 1.70. The van der Waals surface area contributed by atoms with Gasteiger partial charge in [0.2, 0.25) is 5.91 Å². The van der Waals surface area contributed by atoms with Crippen molar-refractivity contribution in [2.45, 2.75) is 38.5 Å². The summed E-state index contributed by atoms with van der Waals surface area (Å²) < 4.78 is 0. The largest absolute Gasteiger partial charge is 0.338 e. The number of aromatic amines is 1. The highest BCUT2D eigenvalue weighted by Gasteiger charge is 2.30. The van der Waals surface area contributed by atoms with Gasteiger partial charge in [-0.15, -0.1) is 0 Å². The molecule has 5 nitrogen and oxygen atoms in total. The van der Waals surface area contributed by atoms with Crippen molar-refractivity contribution in [3.8, 4) is 11.4 Å². The van der Waals surface area contributed by atoms with Crippen LogP contribution in [0.25, 0.3) is 22.4 Å². The summed E-state index contributed by atoms with van der Waals surface area (Å²) in [5.74, 6) is 0.873. The number of fused-ring (bicyclic) bond motifs is 2. The maximum absolute atomic E-state index is 12.3. The number of nitrogens with zero attached hydrogens (tertiary/aromatic N) is 2. The third kappa shape index (κ3) is 2.56. The van der Waals surface area contributed by atoms with Crippen molar-refractivity contribution in [1.29, 1.82) is 0 Å². The fourth-order valence-corrected chi connectivity index (χ4v) is 3.36. The lowest BCUT2D eigenvalue weighted by Gasteiger charge is -2.07. The summed E-state index contributed by atoms with van der Waals surface area (Å²) >= 11 is 0. The zero-order valence-electron chi connectivity index (χ0n) is 13.7. The van der Waals surface area contributed by atoms with E-state index in [-0.39, 0.29) is 11.8 Å². The van der Waals surface area contributed by atoms with E-state index in [2.05, 4.69) is 33.3 Å². The van der Waals surface area contributed by atoms with E-state index >= 15 is 0 Å². The molecule has 1 aromatic carbocycles. The first-order valence-electron chi connectivity index (χ1n) is 8.51. The number of nitrogens with one attached hydrogen (secondary N) is 2. The van der Waals surface area contributed by atoms with Crippen molar-refractivity contribution in [1.82, 2.24) is 15.0 Å². The fraction of sp³-hybridized carbons (Fsp3) is 0.316. The number of H-pyrrole nitrogens is 1. The summed E-state index contributed by atoms with van der Waals surface area (Å²) in [5, 5.41) is 3.01. The van der Waals surface area contributed by atoms with Crippen LogP contribution in [0.3, 0.4) is 0 Å². The van der Waals surface area contributed by atoms with Gasteiger partial charge in [-0.25, -0.2) is 4.98 Å². The van der Waals surface area contributed by atoms with Crippen molar-refractivity contribution >= 4 is 22.6 Å². The van der Waals surface area contributed by atoms with Crippen molar-refractivity contribution in [3.63, 3.8) is 0 Å². The Morgan fingerprint density at radius 3 is 2.96 bits per heavy atom. The number of anilines is 1. The Kier molecular flexibility index (Phi) is 3.76. The first-order chi connectivity index (χ1) is 11.8. The Labute approximate surface area is 140 Å². The molecule has 1 aliphatic rings. The molecule has 0 saturated carbocycles. The van der Waals surface area contributed by atoms with Crippen LogP contribution in [0.4, 0.5) is 5.69 Å². The molecule has 1 atom stereocenters. The molecule has 0 fully saturated rings. The normalized spacial score (nSPS) is 16.4. The number of imidazole rings is 1. The van der Waals surface area contributed by atoms with Crippen LogP contribution in [0.5, 0.6) is 0 Å². The number of amides is 1. The molecule has 5 heteroatoms. The highest BCUT2D eigenvalue weighted by atomic mass is 16.2. The van der Waals surface area contributed by atoms with Crippen molar-refractivity contribution < 1.29 is 4.79 Å². The molecule has 0 bridgehead atoms. The molecule has 2 aromatic heterocycles. The minimum Gasteiger partial charge on any atom is -0.338 e. The Hall–Kier alpha value is -2.69. The average Bonchev–Trinajstić information content (AvgIpc) is 3.14. The number of carbonyl (C=O) groups is 1. The lowest BCUT2D eigenvalue weighted by molar-refractivity contribution is -0.117. The minimum atomic E-state index is -0.0407. The molecule has 0 aliphatic carbocycles. The highest BCUT2D eigenvalue weighted by molar-refractivity contribution is 6.05. The third-order valence-electron chi connectivity index (χ3n) is 4.63. The molecule has 122 valence electrons. The zero-order chi connectivity index (χ0) is 16.5. The number of carbonyl (C=O) groups excluding carboxylic acids is 1. The van der Waals surface area contributed by atoms with Gasteiger partial charge in [-0.3, -0.25) is 9.78 Å². The SMILES string of the molecule is CCCCCC1C(=O)Nc2cc3nc(-c4cccnc4)[nH]c3cc21. The van der Waals surface area contributed by atoms with Gasteiger partial charge in [-0.05, 0) is 36.2 Å². The molecule has 1 unspecified atom stereocenters. The maximum atomic E-state index is 12.3. The third-order valence-corrected chi connectivity index (χ3v) is 4.63. The molecule has 3 heterocycles. The summed E-state index contributed by atoms with van der Waals surface area (Å²) in [6, 6.07) is 7.92. The van der Waals surface area contributed by atoms with Crippen LogP contribution in [0.1, 0.15) is 44.1 Å². The van der Waals surface area contributed by atoms with Crippen molar-refractivity contribution in [2.24, 2.45) is 0 Å². The number of aromatic nitrogens is 3. The number of rotatable bonds is 5. The molecule has 0 saturated heterocycles. The monoisotopic (exact) mass is 320 g/mol. The number of hydrogen-bond donors (Lipinski definition) is 2. The summed E-state index contributed by atoms with van der Waals surface area (Å²) in [5.41, 5.74) is 4.77. The van der Waals surface area contributed by atoms with Gasteiger partial charge in [0.25, 0.3) is 0 Å². The van der Waals surface area contributed by atoms with E-state index in [0.29, 0.717) is 0 Å². The summed E-state index contributed by atoms with van der Waals surface area (Å²) in [6.45, 7) is 2.18. The van der Waals surface area contributed by atoms with Crippen molar-refractivity contribution in [2.75, 3.05) is 5.32 Å². The number of benzene rings is 1. The van der Waals surface area contributed by atoms with E-state index in [0.717, 1.165) is 59.4 Å². The zero-order valence-corrected chi connectivity index (χ0v) is 13.7. The van der Waals surface area contributed by atoms with Gasteiger partial charge in [-0.1, -0.05) is 26.2 Å². The van der Waals surface area contributed by atoms with E-state index < -0.39 is 0 Å². The number of unbranched alkanes of at least 4 members (excludes halogenated alkanes) is 2. The lowest BCUT2D eigenvalue weighted by atomic mass is 9.94. The van der Waals surface area contributed by atoms with Crippen molar-refractivity contribution in [3.05, 3.63) is 42.2 Å². The van der Waals surface area contributed by atoms with E-state index in [1.165, 1.54) is 0 Å². The highest BCUT2D eigenvalue weighted by Crippen LogP contribution is 2.38. The standard InChI is InChI=1S/C19H20N4O/c1-2-3-4-7-13-14-9-16-17(10-15(14)23-19(13)24)22-18(21-16)12-6-5-8-20-11-12/h5-6,8-11,13H,2-4,7H2,1H3,(H,21,22)(H,23,24). The van der Waals surface area contributed by atoms with Crippen LogP contribution < -0.4 is 5.32 Å². The van der Waals surface area contributed by atoms with Crippen LogP contribution in [-0.4, -0.2) is 20.9 Å². The number of pyridine rings is 1. The lowest BCUT2D eigenvalue weighted by Crippen LogP contribution is -2.11. The van der Waals surface area contributed by atoms with Gasteiger partial charge in [0.05, 0.1) is 17.0 Å². The predicted octanol–water partition coefficient (Wildman–Crippen LogP) is 4.24. The van der Waals surface area contributed by atoms with Crippen LogP contribution in [-0.2, 0) is 4.79 Å². The molecule has 1 amide bonds. The molecule has 0 spiro atoms. The summed E-state index contributed by atoms with van der Waals surface area (Å²) in [7, 11) is 0. The Morgan fingerprint density at radius 1 is 1.25 bits per heavy atom. The van der Waals surface area contributed by atoms with Crippen LogP contribution in [0, 0.1) is 0 Å². The van der Waals surface area contributed by atoms with Crippen LogP contribution in [0.15, 0.2) is 36.7 Å². The fourth-order valence-electron chi connectivity index (χ4n) is 3.36. The van der Waals surface area contributed by atoms with Crippen LogP contribution in [0.2, 0.25) is 0 Å². The second-order valence-electron chi connectivity index (χ2n) is 6.32.